The van der Waals surface area contributed by atoms with Crippen molar-refractivity contribution < 1.29 is 5.11 Å². The van der Waals surface area contributed by atoms with Gasteiger partial charge in [0.25, 0.3) is 0 Å². The summed E-state index contributed by atoms with van der Waals surface area (Å²) in [5.74, 6) is 1.07. The van der Waals surface area contributed by atoms with Crippen molar-refractivity contribution in [3.05, 3.63) is 48.5 Å². The zero-order valence-electron chi connectivity index (χ0n) is 9.33. The van der Waals surface area contributed by atoms with E-state index in [4.69, 9.17) is 0 Å². The normalized spacial score (nSPS) is 10.9. The summed E-state index contributed by atoms with van der Waals surface area (Å²) >= 11 is 0. The van der Waals surface area contributed by atoms with Gasteiger partial charge < -0.3 is 5.11 Å². The minimum atomic E-state index is 0.242. The average molecular weight is 225 g/mol. The maximum Gasteiger partial charge on any atom is 0.139 e. The number of rotatable bonds is 1. The molecule has 0 saturated carbocycles. The predicted molar refractivity (Wildman–Crippen MR) is 65.3 cm³/mol. The van der Waals surface area contributed by atoms with Crippen LogP contribution in [-0.4, -0.2) is 19.6 Å². The first-order valence-electron chi connectivity index (χ1n) is 5.35. The van der Waals surface area contributed by atoms with Gasteiger partial charge >= 0.3 is 0 Å². The number of aromatic nitrogens is 3. The second-order valence-electron chi connectivity index (χ2n) is 3.85. The van der Waals surface area contributed by atoms with Crippen molar-refractivity contribution in [2.75, 3.05) is 0 Å². The number of para-hydroxylation sites is 2. The van der Waals surface area contributed by atoms with Crippen molar-refractivity contribution in [2.45, 2.75) is 6.92 Å². The molecule has 17 heavy (non-hydrogen) atoms. The molecule has 0 unspecified atom stereocenters. The van der Waals surface area contributed by atoms with Crippen LogP contribution in [0.25, 0.3) is 16.7 Å². The molecule has 0 atom stereocenters. The van der Waals surface area contributed by atoms with Crippen LogP contribution in [0.2, 0.25) is 0 Å². The highest BCUT2D eigenvalue weighted by Crippen LogP contribution is 2.26. The van der Waals surface area contributed by atoms with E-state index < -0.39 is 0 Å². The number of pyridine rings is 1. The third-order valence-electron chi connectivity index (χ3n) is 2.75. The number of imidazole rings is 1. The molecule has 0 amide bonds. The lowest BCUT2D eigenvalue weighted by Gasteiger charge is -2.08. The van der Waals surface area contributed by atoms with Gasteiger partial charge in [-0.05, 0) is 25.1 Å². The Labute approximate surface area is 98.2 Å². The molecule has 84 valence electrons. The fraction of sp³-hybridized carbons (Fsp3) is 0.0769. The third kappa shape index (κ3) is 1.45. The SMILES string of the molecule is Cc1nc2cnccc2n1-c1ccccc1O. The molecule has 0 bridgehead atoms. The van der Waals surface area contributed by atoms with Crippen LogP contribution >= 0.6 is 0 Å². The van der Waals surface area contributed by atoms with E-state index in [0.717, 1.165) is 22.5 Å². The van der Waals surface area contributed by atoms with Gasteiger partial charge in [-0.2, -0.15) is 0 Å². The maximum absolute atomic E-state index is 9.90. The second-order valence-corrected chi connectivity index (χ2v) is 3.85. The number of aromatic hydroxyl groups is 1. The van der Waals surface area contributed by atoms with Gasteiger partial charge in [-0.1, -0.05) is 12.1 Å². The maximum atomic E-state index is 9.90. The van der Waals surface area contributed by atoms with Crippen LogP contribution in [-0.2, 0) is 0 Å². The summed E-state index contributed by atoms with van der Waals surface area (Å²) in [6, 6.07) is 9.11. The molecule has 4 heteroatoms. The van der Waals surface area contributed by atoms with Crippen molar-refractivity contribution in [1.29, 1.82) is 0 Å². The Morgan fingerprint density at radius 1 is 1.18 bits per heavy atom. The van der Waals surface area contributed by atoms with Crippen molar-refractivity contribution in [1.82, 2.24) is 14.5 Å². The van der Waals surface area contributed by atoms with E-state index in [-0.39, 0.29) is 5.75 Å². The smallest absolute Gasteiger partial charge is 0.139 e. The van der Waals surface area contributed by atoms with E-state index in [0.29, 0.717) is 0 Å². The number of hydrogen-bond donors (Lipinski definition) is 1. The van der Waals surface area contributed by atoms with E-state index >= 15 is 0 Å². The summed E-state index contributed by atoms with van der Waals surface area (Å²) in [4.78, 5) is 8.47. The number of benzene rings is 1. The highest BCUT2D eigenvalue weighted by molar-refractivity contribution is 5.77. The number of phenolic OH excluding ortho intramolecular Hbond substituents is 1. The molecule has 0 saturated heterocycles. The predicted octanol–water partition coefficient (Wildman–Crippen LogP) is 2.43. The topological polar surface area (TPSA) is 50.9 Å². The van der Waals surface area contributed by atoms with Crippen LogP contribution in [0, 0.1) is 6.92 Å². The van der Waals surface area contributed by atoms with E-state index in [2.05, 4.69) is 9.97 Å². The number of aryl methyl sites for hydroxylation is 1. The van der Waals surface area contributed by atoms with Gasteiger partial charge in [0.15, 0.2) is 0 Å². The molecular formula is C13H11N3O. The molecule has 4 nitrogen and oxygen atoms in total. The van der Waals surface area contributed by atoms with Crippen LogP contribution in [0.15, 0.2) is 42.7 Å². The highest BCUT2D eigenvalue weighted by Gasteiger charge is 2.11. The Balaban J connectivity index is 2.38. The largest absolute Gasteiger partial charge is 0.506 e. The molecule has 2 heterocycles. The first-order chi connectivity index (χ1) is 8.27. The summed E-state index contributed by atoms with van der Waals surface area (Å²) in [6.45, 7) is 1.91. The van der Waals surface area contributed by atoms with Crippen molar-refractivity contribution in [2.24, 2.45) is 0 Å². The molecule has 0 fully saturated rings. The summed E-state index contributed by atoms with van der Waals surface area (Å²) in [6.07, 6.45) is 3.44. The lowest BCUT2D eigenvalue weighted by molar-refractivity contribution is 0.472. The van der Waals surface area contributed by atoms with Crippen molar-refractivity contribution >= 4 is 11.0 Å². The molecule has 0 aliphatic rings. The first kappa shape index (κ1) is 9.84. The minimum absolute atomic E-state index is 0.242. The van der Waals surface area contributed by atoms with Gasteiger partial charge in [-0.15, -0.1) is 0 Å². The van der Waals surface area contributed by atoms with Crippen LogP contribution in [0.3, 0.4) is 0 Å². The molecule has 0 aliphatic carbocycles. The Morgan fingerprint density at radius 3 is 2.82 bits per heavy atom. The van der Waals surface area contributed by atoms with Crippen LogP contribution < -0.4 is 0 Å². The fourth-order valence-corrected chi connectivity index (χ4v) is 2.01. The summed E-state index contributed by atoms with van der Waals surface area (Å²) in [5, 5.41) is 9.90. The second kappa shape index (κ2) is 3.59. The molecule has 0 spiro atoms. The molecule has 0 aliphatic heterocycles. The van der Waals surface area contributed by atoms with Gasteiger partial charge in [0.2, 0.25) is 0 Å². The lowest BCUT2D eigenvalue weighted by atomic mass is 10.2. The molecule has 2 aromatic heterocycles. The van der Waals surface area contributed by atoms with E-state index in [1.807, 2.05) is 29.7 Å². The van der Waals surface area contributed by atoms with Crippen molar-refractivity contribution in [3.63, 3.8) is 0 Å². The molecule has 3 aromatic rings. The minimum Gasteiger partial charge on any atom is -0.506 e. The molecular weight excluding hydrogens is 214 g/mol. The number of hydrogen-bond acceptors (Lipinski definition) is 3. The number of nitrogens with zero attached hydrogens (tertiary/aromatic N) is 3. The fourth-order valence-electron chi connectivity index (χ4n) is 2.01. The van der Waals surface area contributed by atoms with Gasteiger partial charge in [0.05, 0.1) is 17.4 Å². The highest BCUT2D eigenvalue weighted by atomic mass is 16.3. The Morgan fingerprint density at radius 2 is 2.00 bits per heavy atom. The summed E-state index contributed by atoms with van der Waals surface area (Å²) in [7, 11) is 0. The van der Waals surface area contributed by atoms with Gasteiger partial charge in [-0.25, -0.2) is 4.98 Å². The van der Waals surface area contributed by atoms with Gasteiger partial charge in [-0.3, -0.25) is 9.55 Å². The quantitative estimate of drug-likeness (QED) is 0.692. The Bertz CT molecular complexity index is 688. The molecule has 1 aromatic carbocycles. The van der Waals surface area contributed by atoms with Gasteiger partial charge in [0, 0.05) is 6.20 Å². The van der Waals surface area contributed by atoms with E-state index in [1.54, 1.807) is 24.5 Å². The van der Waals surface area contributed by atoms with E-state index in [1.165, 1.54) is 0 Å². The monoisotopic (exact) mass is 225 g/mol. The Kier molecular flexibility index (Phi) is 2.08. The zero-order chi connectivity index (χ0) is 11.8. The first-order valence-corrected chi connectivity index (χ1v) is 5.35. The van der Waals surface area contributed by atoms with Crippen LogP contribution in [0.4, 0.5) is 0 Å². The van der Waals surface area contributed by atoms with E-state index in [9.17, 15) is 5.11 Å². The van der Waals surface area contributed by atoms with Crippen LogP contribution in [0.1, 0.15) is 5.82 Å². The van der Waals surface area contributed by atoms with Gasteiger partial charge in [0.1, 0.15) is 17.1 Å². The Hall–Kier alpha value is -2.36. The van der Waals surface area contributed by atoms with Crippen molar-refractivity contribution in [3.8, 4) is 11.4 Å². The van der Waals surface area contributed by atoms with Crippen LogP contribution in [0.5, 0.6) is 5.75 Å². The third-order valence-corrected chi connectivity index (χ3v) is 2.75. The standard InChI is InChI=1S/C13H11N3O/c1-9-15-10-8-14-7-6-11(10)16(9)12-4-2-3-5-13(12)17/h2-8,17H,1H3. The number of fused-ring (bicyclic) bond motifs is 1. The number of phenols is 1. The summed E-state index contributed by atoms with van der Waals surface area (Å²) < 4.78 is 1.92. The zero-order valence-corrected chi connectivity index (χ0v) is 9.33. The average Bonchev–Trinajstić information content (AvgIpc) is 2.66. The molecule has 1 N–H and O–H groups in total. The molecule has 0 radical (unpaired) electrons. The lowest BCUT2D eigenvalue weighted by Crippen LogP contribution is -1.96. The molecule has 3 rings (SSSR count). The summed E-state index contributed by atoms with van der Waals surface area (Å²) in [5.41, 5.74) is 2.51.